The van der Waals surface area contributed by atoms with E-state index < -0.39 is 35.4 Å². The van der Waals surface area contributed by atoms with Gasteiger partial charge in [0.2, 0.25) is 0 Å². The molecule has 0 spiro atoms. The Morgan fingerprint density at radius 1 is 0.902 bits per heavy atom. The Morgan fingerprint density at radius 2 is 1.54 bits per heavy atom. The average Bonchev–Trinajstić information content (AvgIpc) is 2.91. The molecule has 2 amide bonds. The normalized spacial score (nSPS) is 12.0. The molecular weight excluding hydrogens is 567 g/mol. The number of rotatable bonds is 9. The lowest BCUT2D eigenvalue weighted by Gasteiger charge is -2.18. The number of anilines is 1. The summed E-state index contributed by atoms with van der Waals surface area (Å²) in [4.78, 5) is 50.1. The van der Waals surface area contributed by atoms with Gasteiger partial charge in [-0.3, -0.25) is 9.59 Å². The standard InChI is InChI=1S/C31H30Cl2N2O6/c1-31(2,3)41-26(36)16-13-19-7-5-8-21(17-19)28(37)35-25(30(39)40-4)18-20-11-14-22(15-12-20)34-29(38)27-23(32)9-6-10-24(27)33/h5-17,25H,18H2,1-4H3,(H,34,38)(H,35,37)/b16-13+/t25-/m0/s1. The first-order valence-corrected chi connectivity index (χ1v) is 13.4. The fraction of sp³-hybridized carbons (Fsp3) is 0.226. The van der Waals surface area contributed by atoms with Crippen LogP contribution < -0.4 is 10.6 Å². The van der Waals surface area contributed by atoms with Crippen LogP contribution in [0, 0.1) is 0 Å². The molecule has 3 aromatic rings. The number of nitrogens with one attached hydrogen (secondary N) is 2. The number of carbonyl (C=O) groups excluding carboxylic acids is 4. The van der Waals surface area contributed by atoms with Crippen molar-refractivity contribution in [3.8, 4) is 0 Å². The summed E-state index contributed by atoms with van der Waals surface area (Å²) < 4.78 is 10.2. The predicted octanol–water partition coefficient (Wildman–Crippen LogP) is 6.11. The molecule has 0 aliphatic carbocycles. The number of methoxy groups -OCH3 is 1. The van der Waals surface area contributed by atoms with Crippen molar-refractivity contribution in [2.75, 3.05) is 12.4 Å². The van der Waals surface area contributed by atoms with Crippen LogP contribution in [-0.4, -0.2) is 42.5 Å². The Morgan fingerprint density at radius 3 is 2.15 bits per heavy atom. The van der Waals surface area contributed by atoms with Crippen molar-refractivity contribution in [2.45, 2.75) is 38.8 Å². The summed E-state index contributed by atoms with van der Waals surface area (Å²) >= 11 is 12.2. The largest absolute Gasteiger partial charge is 0.467 e. The second-order valence-electron chi connectivity index (χ2n) is 9.99. The summed E-state index contributed by atoms with van der Waals surface area (Å²) in [6.07, 6.45) is 2.97. The van der Waals surface area contributed by atoms with E-state index in [2.05, 4.69) is 10.6 Å². The molecule has 214 valence electrons. The predicted molar refractivity (Wildman–Crippen MR) is 159 cm³/mol. The Labute approximate surface area is 248 Å². The van der Waals surface area contributed by atoms with Crippen LogP contribution in [0.25, 0.3) is 6.08 Å². The van der Waals surface area contributed by atoms with Crippen molar-refractivity contribution < 1.29 is 28.7 Å². The molecule has 0 aliphatic rings. The van der Waals surface area contributed by atoms with Gasteiger partial charge in [-0.2, -0.15) is 0 Å². The molecule has 0 saturated heterocycles. The molecule has 41 heavy (non-hydrogen) atoms. The number of hydrogen-bond donors (Lipinski definition) is 2. The summed E-state index contributed by atoms with van der Waals surface area (Å²) in [6, 6.07) is 17.2. The number of benzene rings is 3. The molecule has 0 unspecified atom stereocenters. The second kappa shape index (κ2) is 14.0. The topological polar surface area (TPSA) is 111 Å². The van der Waals surface area contributed by atoms with Gasteiger partial charge in [-0.25, -0.2) is 9.59 Å². The smallest absolute Gasteiger partial charge is 0.331 e. The van der Waals surface area contributed by atoms with E-state index >= 15 is 0 Å². The highest BCUT2D eigenvalue weighted by Gasteiger charge is 2.23. The molecule has 0 saturated carbocycles. The molecule has 0 radical (unpaired) electrons. The maximum absolute atomic E-state index is 13.0. The van der Waals surface area contributed by atoms with Crippen LogP contribution in [0.1, 0.15) is 52.6 Å². The molecule has 0 bridgehead atoms. The first kappa shape index (κ1) is 31.4. The van der Waals surface area contributed by atoms with Crippen LogP contribution in [-0.2, 0) is 25.5 Å². The van der Waals surface area contributed by atoms with Gasteiger partial charge >= 0.3 is 11.9 Å². The average molecular weight is 597 g/mol. The third-order valence-corrected chi connectivity index (χ3v) is 6.23. The summed E-state index contributed by atoms with van der Waals surface area (Å²) in [5.74, 6) is -2.08. The van der Waals surface area contributed by atoms with Crippen molar-refractivity contribution >= 4 is 58.7 Å². The second-order valence-corrected chi connectivity index (χ2v) is 10.8. The summed E-state index contributed by atoms with van der Waals surface area (Å²) in [5, 5.41) is 5.91. The fourth-order valence-electron chi connectivity index (χ4n) is 3.73. The van der Waals surface area contributed by atoms with Crippen molar-refractivity contribution in [1.29, 1.82) is 0 Å². The maximum atomic E-state index is 13.0. The van der Waals surface area contributed by atoms with Gasteiger partial charge in [0, 0.05) is 23.7 Å². The van der Waals surface area contributed by atoms with Crippen LogP contribution in [0.5, 0.6) is 0 Å². The zero-order valence-electron chi connectivity index (χ0n) is 23.0. The lowest BCUT2D eigenvalue weighted by atomic mass is 10.0. The number of carbonyl (C=O) groups is 4. The molecule has 1 atom stereocenters. The van der Waals surface area contributed by atoms with Crippen molar-refractivity contribution in [1.82, 2.24) is 5.32 Å². The van der Waals surface area contributed by atoms with Gasteiger partial charge in [0.1, 0.15) is 11.6 Å². The Balaban J connectivity index is 1.67. The van der Waals surface area contributed by atoms with Crippen LogP contribution in [0.3, 0.4) is 0 Å². The number of ether oxygens (including phenoxy) is 2. The highest BCUT2D eigenvalue weighted by molar-refractivity contribution is 6.40. The monoisotopic (exact) mass is 596 g/mol. The minimum atomic E-state index is -0.976. The minimum Gasteiger partial charge on any atom is -0.467 e. The highest BCUT2D eigenvalue weighted by atomic mass is 35.5. The van der Waals surface area contributed by atoms with E-state index in [1.807, 2.05) is 0 Å². The lowest BCUT2D eigenvalue weighted by Crippen LogP contribution is -2.43. The van der Waals surface area contributed by atoms with Gasteiger partial charge in [-0.15, -0.1) is 0 Å². The van der Waals surface area contributed by atoms with Gasteiger partial charge in [-0.05, 0) is 74.4 Å². The number of halogens is 2. The minimum absolute atomic E-state index is 0.140. The highest BCUT2D eigenvalue weighted by Crippen LogP contribution is 2.25. The zero-order chi connectivity index (χ0) is 30.2. The molecule has 2 N–H and O–H groups in total. The van der Waals surface area contributed by atoms with E-state index in [0.717, 1.165) is 0 Å². The van der Waals surface area contributed by atoms with E-state index in [4.69, 9.17) is 32.7 Å². The Hall–Kier alpha value is -4.14. The Bertz CT molecular complexity index is 1440. The van der Waals surface area contributed by atoms with Gasteiger partial charge in [0.05, 0.1) is 22.7 Å². The van der Waals surface area contributed by atoms with Crippen LogP contribution in [0.15, 0.2) is 72.8 Å². The van der Waals surface area contributed by atoms with Crippen molar-refractivity contribution in [2.24, 2.45) is 0 Å². The van der Waals surface area contributed by atoms with Crippen molar-refractivity contribution in [3.05, 3.63) is 105 Å². The zero-order valence-corrected chi connectivity index (χ0v) is 24.5. The van der Waals surface area contributed by atoms with E-state index in [9.17, 15) is 19.2 Å². The summed E-state index contributed by atoms with van der Waals surface area (Å²) in [5.41, 5.74) is 1.65. The molecule has 0 aromatic heterocycles. The van der Waals surface area contributed by atoms with Crippen LogP contribution in [0.4, 0.5) is 5.69 Å². The van der Waals surface area contributed by atoms with Gasteiger partial charge < -0.3 is 20.1 Å². The molecule has 0 fully saturated rings. The molecule has 0 heterocycles. The molecule has 3 aromatic carbocycles. The number of hydrogen-bond acceptors (Lipinski definition) is 6. The Kier molecular flexibility index (Phi) is 10.7. The fourth-order valence-corrected chi connectivity index (χ4v) is 4.30. The van der Waals surface area contributed by atoms with E-state index in [1.165, 1.54) is 13.2 Å². The van der Waals surface area contributed by atoms with E-state index in [1.54, 1.807) is 93.6 Å². The van der Waals surface area contributed by atoms with Crippen LogP contribution in [0.2, 0.25) is 10.0 Å². The van der Waals surface area contributed by atoms with Crippen molar-refractivity contribution in [3.63, 3.8) is 0 Å². The first-order valence-electron chi connectivity index (χ1n) is 12.6. The van der Waals surface area contributed by atoms with Gasteiger partial charge in [0.15, 0.2) is 0 Å². The summed E-state index contributed by atoms with van der Waals surface area (Å²) in [6.45, 7) is 5.31. The molecule has 10 heteroatoms. The summed E-state index contributed by atoms with van der Waals surface area (Å²) in [7, 11) is 1.24. The van der Waals surface area contributed by atoms with E-state index in [-0.39, 0.29) is 22.0 Å². The maximum Gasteiger partial charge on any atom is 0.331 e. The van der Waals surface area contributed by atoms with E-state index in [0.29, 0.717) is 22.4 Å². The molecule has 0 aliphatic heterocycles. The quantitative estimate of drug-likeness (QED) is 0.227. The SMILES string of the molecule is COC(=O)[C@H](Cc1ccc(NC(=O)c2c(Cl)cccc2Cl)cc1)NC(=O)c1cccc(/C=C/C(=O)OC(C)(C)C)c1. The number of amides is 2. The van der Waals surface area contributed by atoms with Crippen LogP contribution >= 0.6 is 23.2 Å². The number of esters is 2. The third-order valence-electron chi connectivity index (χ3n) is 5.60. The first-order chi connectivity index (χ1) is 19.4. The van der Waals surface area contributed by atoms with Gasteiger partial charge in [-0.1, -0.05) is 53.5 Å². The molecular formula is C31H30Cl2N2O6. The lowest BCUT2D eigenvalue weighted by molar-refractivity contribution is -0.148. The third kappa shape index (κ3) is 9.48. The molecule has 8 nitrogen and oxygen atoms in total. The van der Waals surface area contributed by atoms with Gasteiger partial charge in [0.25, 0.3) is 11.8 Å². The molecule has 3 rings (SSSR count).